The maximum absolute atomic E-state index is 12.3. The van der Waals surface area contributed by atoms with Crippen molar-refractivity contribution in [1.82, 2.24) is 10.2 Å². The predicted molar refractivity (Wildman–Crippen MR) is 85.8 cm³/mol. The lowest BCUT2D eigenvalue weighted by atomic mass is 9.93. The molecule has 0 saturated heterocycles. The number of rotatable bonds is 8. The van der Waals surface area contributed by atoms with Crippen LogP contribution in [-0.4, -0.2) is 47.2 Å². The first kappa shape index (κ1) is 18.0. The minimum absolute atomic E-state index is 0.0318. The highest BCUT2D eigenvalue weighted by atomic mass is 16.3. The van der Waals surface area contributed by atoms with Gasteiger partial charge < -0.3 is 10.4 Å². The molecule has 0 unspecified atom stereocenters. The van der Waals surface area contributed by atoms with Crippen molar-refractivity contribution in [2.75, 3.05) is 19.7 Å². The van der Waals surface area contributed by atoms with Gasteiger partial charge in [0.1, 0.15) is 5.54 Å². The van der Waals surface area contributed by atoms with Gasteiger partial charge in [0.05, 0.1) is 13.2 Å². The third kappa shape index (κ3) is 5.33. The monoisotopic (exact) mass is 294 g/mol. The Balaban J connectivity index is 2.61. The summed E-state index contributed by atoms with van der Waals surface area (Å²) in [5.74, 6) is 2.70. The van der Waals surface area contributed by atoms with E-state index >= 15 is 0 Å². The van der Waals surface area contributed by atoms with Gasteiger partial charge in [-0.1, -0.05) is 39.0 Å². The number of hydrogen-bond acceptors (Lipinski definition) is 3. The zero-order chi connectivity index (χ0) is 15.7. The Morgan fingerprint density at radius 2 is 1.95 bits per heavy atom. The molecule has 1 rings (SSSR count). The van der Waals surface area contributed by atoms with E-state index in [9.17, 15) is 9.90 Å². The zero-order valence-corrected chi connectivity index (χ0v) is 13.5. The quantitative estimate of drug-likeness (QED) is 0.673. The van der Waals surface area contributed by atoms with Crippen LogP contribution >= 0.6 is 0 Å². The van der Waals surface area contributed by atoms with Gasteiger partial charge in [0, 0.05) is 12.6 Å². The molecule has 1 aliphatic carbocycles. The van der Waals surface area contributed by atoms with Crippen LogP contribution in [0.4, 0.5) is 0 Å². The molecule has 1 aliphatic rings. The lowest BCUT2D eigenvalue weighted by molar-refractivity contribution is -0.124. The average Bonchev–Trinajstić information content (AvgIpc) is 2.53. The lowest BCUT2D eigenvalue weighted by Gasteiger charge is -2.35. The Kier molecular flexibility index (Phi) is 7.77. The second-order valence-corrected chi connectivity index (χ2v) is 5.97. The molecule has 1 fully saturated rings. The molecule has 120 valence electrons. The maximum Gasteiger partial charge on any atom is 0.235 e. The van der Waals surface area contributed by atoms with Gasteiger partial charge in [0.25, 0.3) is 0 Å². The van der Waals surface area contributed by atoms with E-state index in [0.717, 1.165) is 25.7 Å². The van der Waals surface area contributed by atoms with Crippen LogP contribution in [0.25, 0.3) is 0 Å². The number of nitrogens with zero attached hydrogens (tertiary/aromatic N) is 1. The summed E-state index contributed by atoms with van der Waals surface area (Å²) in [5.41, 5.74) is -0.533. The van der Waals surface area contributed by atoms with E-state index < -0.39 is 5.54 Å². The first-order valence-electron chi connectivity index (χ1n) is 8.24. The zero-order valence-electron chi connectivity index (χ0n) is 13.5. The number of aliphatic hydroxyl groups excluding tert-OH is 1. The third-order valence-electron chi connectivity index (χ3n) is 4.69. The van der Waals surface area contributed by atoms with Gasteiger partial charge in [0.2, 0.25) is 5.91 Å². The Morgan fingerprint density at radius 3 is 2.43 bits per heavy atom. The summed E-state index contributed by atoms with van der Waals surface area (Å²) in [4.78, 5) is 14.4. The van der Waals surface area contributed by atoms with E-state index in [1.165, 1.54) is 19.3 Å². The van der Waals surface area contributed by atoms with Crippen molar-refractivity contribution in [3.05, 3.63) is 0 Å². The highest BCUT2D eigenvalue weighted by molar-refractivity contribution is 5.79. The van der Waals surface area contributed by atoms with Crippen LogP contribution in [0.3, 0.4) is 0 Å². The molecular weight excluding hydrogens is 264 g/mol. The van der Waals surface area contributed by atoms with Crippen molar-refractivity contribution in [2.45, 2.75) is 70.4 Å². The molecule has 0 aliphatic heterocycles. The van der Waals surface area contributed by atoms with Crippen LogP contribution in [0, 0.1) is 12.3 Å². The summed E-state index contributed by atoms with van der Waals surface area (Å²) in [6.45, 7) is 4.96. The Bertz CT molecular complexity index is 352. The molecule has 1 saturated carbocycles. The number of terminal acetylenes is 1. The summed E-state index contributed by atoms with van der Waals surface area (Å²) < 4.78 is 0. The SMILES string of the molecule is C#CC(CC)(CC)NC(=O)CN(CCO)C1CCCCC1. The molecule has 2 N–H and O–H groups in total. The fraction of sp³-hybridized carbons (Fsp3) is 0.824. The highest BCUT2D eigenvalue weighted by Gasteiger charge is 2.28. The highest BCUT2D eigenvalue weighted by Crippen LogP contribution is 2.22. The first-order chi connectivity index (χ1) is 10.1. The van der Waals surface area contributed by atoms with E-state index in [0.29, 0.717) is 19.1 Å². The summed E-state index contributed by atoms with van der Waals surface area (Å²) in [6.07, 6.45) is 13.0. The fourth-order valence-electron chi connectivity index (χ4n) is 3.12. The Hall–Kier alpha value is -1.05. The Morgan fingerprint density at radius 1 is 1.33 bits per heavy atom. The van der Waals surface area contributed by atoms with Gasteiger partial charge in [-0.3, -0.25) is 9.69 Å². The second kappa shape index (κ2) is 9.07. The minimum Gasteiger partial charge on any atom is -0.395 e. The average molecular weight is 294 g/mol. The molecule has 1 amide bonds. The number of amides is 1. The van der Waals surface area contributed by atoms with Gasteiger partial charge in [-0.2, -0.15) is 0 Å². The largest absolute Gasteiger partial charge is 0.395 e. The van der Waals surface area contributed by atoms with Crippen molar-refractivity contribution < 1.29 is 9.90 Å². The molecule has 0 heterocycles. The number of aliphatic hydroxyl groups is 1. The third-order valence-corrected chi connectivity index (χ3v) is 4.69. The molecule has 0 aromatic heterocycles. The van der Waals surface area contributed by atoms with Crippen molar-refractivity contribution in [1.29, 1.82) is 0 Å². The van der Waals surface area contributed by atoms with Crippen LogP contribution in [0.1, 0.15) is 58.8 Å². The molecule has 0 aromatic rings. The van der Waals surface area contributed by atoms with Crippen molar-refractivity contribution in [3.8, 4) is 12.3 Å². The maximum atomic E-state index is 12.3. The van der Waals surface area contributed by atoms with E-state index in [4.69, 9.17) is 6.42 Å². The number of nitrogens with one attached hydrogen (secondary N) is 1. The number of carbonyl (C=O) groups excluding carboxylic acids is 1. The molecule has 0 spiro atoms. The van der Waals surface area contributed by atoms with Crippen LogP contribution < -0.4 is 5.32 Å². The van der Waals surface area contributed by atoms with Gasteiger partial charge in [-0.05, 0) is 25.7 Å². The first-order valence-corrected chi connectivity index (χ1v) is 8.24. The van der Waals surface area contributed by atoms with Gasteiger partial charge >= 0.3 is 0 Å². The van der Waals surface area contributed by atoms with Gasteiger partial charge in [-0.15, -0.1) is 6.42 Å². The number of carbonyl (C=O) groups is 1. The van der Waals surface area contributed by atoms with Crippen LogP contribution in [0.2, 0.25) is 0 Å². The molecule has 21 heavy (non-hydrogen) atoms. The topological polar surface area (TPSA) is 52.6 Å². The summed E-state index contributed by atoms with van der Waals surface area (Å²) in [7, 11) is 0. The van der Waals surface area contributed by atoms with Crippen molar-refractivity contribution in [2.24, 2.45) is 0 Å². The molecule has 4 heteroatoms. The predicted octanol–water partition coefficient (Wildman–Crippen LogP) is 1.92. The van der Waals surface area contributed by atoms with Gasteiger partial charge in [0.15, 0.2) is 0 Å². The van der Waals surface area contributed by atoms with E-state index in [2.05, 4.69) is 16.1 Å². The van der Waals surface area contributed by atoms with Gasteiger partial charge in [-0.25, -0.2) is 0 Å². The molecule has 0 bridgehead atoms. The van der Waals surface area contributed by atoms with Crippen LogP contribution in [0.15, 0.2) is 0 Å². The summed E-state index contributed by atoms with van der Waals surface area (Å²) in [5, 5.41) is 12.3. The molecule has 0 atom stereocenters. The lowest BCUT2D eigenvalue weighted by Crippen LogP contribution is -2.52. The normalized spacial score (nSPS) is 16.7. The summed E-state index contributed by atoms with van der Waals surface area (Å²) in [6, 6.07) is 0.417. The van der Waals surface area contributed by atoms with E-state index in [1.807, 2.05) is 13.8 Å². The fourth-order valence-corrected chi connectivity index (χ4v) is 3.12. The van der Waals surface area contributed by atoms with E-state index in [-0.39, 0.29) is 12.5 Å². The second-order valence-electron chi connectivity index (χ2n) is 5.97. The van der Waals surface area contributed by atoms with Crippen LogP contribution in [-0.2, 0) is 4.79 Å². The smallest absolute Gasteiger partial charge is 0.235 e. The molecule has 0 aromatic carbocycles. The number of hydrogen-bond donors (Lipinski definition) is 2. The van der Waals surface area contributed by atoms with Crippen molar-refractivity contribution >= 4 is 5.91 Å². The summed E-state index contributed by atoms with van der Waals surface area (Å²) >= 11 is 0. The molecule has 0 radical (unpaired) electrons. The Labute approximate surface area is 129 Å². The minimum atomic E-state index is -0.533. The standard InChI is InChI=1S/C17H30N2O2/c1-4-17(5-2,6-3)18-16(21)14-19(12-13-20)15-10-8-7-9-11-15/h1,15,20H,5-14H2,2-3H3,(H,18,21). The molecule has 4 nitrogen and oxygen atoms in total. The molecular formula is C17H30N2O2. The van der Waals surface area contributed by atoms with Crippen LogP contribution in [0.5, 0.6) is 0 Å². The van der Waals surface area contributed by atoms with E-state index in [1.54, 1.807) is 0 Å². The van der Waals surface area contributed by atoms with Crippen molar-refractivity contribution in [3.63, 3.8) is 0 Å².